The molecule has 4 N–H and O–H groups in total. The second-order valence-electron chi connectivity index (χ2n) is 5.19. The molecular weight excluding hydrogens is 266 g/mol. The van der Waals surface area contributed by atoms with Crippen LogP contribution in [0.2, 0.25) is 0 Å². The minimum absolute atomic E-state index is 0.0128. The van der Waals surface area contributed by atoms with E-state index < -0.39 is 0 Å². The summed E-state index contributed by atoms with van der Waals surface area (Å²) < 4.78 is 5.26. The Morgan fingerprint density at radius 2 is 1.95 bits per heavy atom. The molecule has 1 aromatic heterocycles. The molecule has 2 unspecified atom stereocenters. The number of benzene rings is 1. The molecule has 0 bridgehead atoms. The Hall–Kier alpha value is -2.27. The average Bonchev–Trinajstić information content (AvgIpc) is 2.91. The number of urea groups is 1. The van der Waals surface area contributed by atoms with Gasteiger partial charge in [0.25, 0.3) is 0 Å². The van der Waals surface area contributed by atoms with E-state index in [4.69, 9.17) is 10.2 Å². The zero-order chi connectivity index (χ0) is 15.2. The molecule has 5 heteroatoms. The lowest BCUT2D eigenvalue weighted by Crippen LogP contribution is -2.37. The number of carbonyl (C=O) groups is 1. The maximum atomic E-state index is 11.9. The Kier molecular flexibility index (Phi) is 5.00. The topological polar surface area (TPSA) is 80.3 Å². The first-order chi connectivity index (χ1) is 10.0. The van der Waals surface area contributed by atoms with Gasteiger partial charge in [0.15, 0.2) is 0 Å². The minimum atomic E-state index is -0.234. The van der Waals surface area contributed by atoms with Crippen molar-refractivity contribution in [2.45, 2.75) is 32.4 Å². The standard InChI is InChI=1S/C16H21N3O2/c1-11(10-15-4-3-9-21-15)18-16(20)19-14-7-5-13(6-8-14)12(2)17/h3-9,11-12H,10,17H2,1-2H3,(H2,18,19,20). The summed E-state index contributed by atoms with van der Waals surface area (Å²) >= 11 is 0. The molecule has 112 valence electrons. The third-order valence-electron chi connectivity index (χ3n) is 3.16. The van der Waals surface area contributed by atoms with Crippen LogP contribution in [0.25, 0.3) is 0 Å². The molecule has 2 aromatic rings. The lowest BCUT2D eigenvalue weighted by Gasteiger charge is -2.14. The van der Waals surface area contributed by atoms with Gasteiger partial charge in [0.05, 0.1) is 6.26 Å². The summed E-state index contributed by atoms with van der Waals surface area (Å²) in [6.45, 7) is 3.85. The van der Waals surface area contributed by atoms with Gasteiger partial charge in [-0.25, -0.2) is 4.79 Å². The number of nitrogens with one attached hydrogen (secondary N) is 2. The van der Waals surface area contributed by atoms with Crippen molar-refractivity contribution in [1.29, 1.82) is 0 Å². The number of hydrogen-bond acceptors (Lipinski definition) is 3. The largest absolute Gasteiger partial charge is 0.469 e. The van der Waals surface area contributed by atoms with Crippen LogP contribution in [0.5, 0.6) is 0 Å². The maximum Gasteiger partial charge on any atom is 0.319 e. The fourth-order valence-corrected chi connectivity index (χ4v) is 2.04. The first-order valence-electron chi connectivity index (χ1n) is 7.00. The van der Waals surface area contributed by atoms with Crippen LogP contribution >= 0.6 is 0 Å². The number of furan rings is 1. The van der Waals surface area contributed by atoms with Crippen LogP contribution < -0.4 is 16.4 Å². The number of amides is 2. The molecule has 1 aromatic carbocycles. The van der Waals surface area contributed by atoms with Crippen LogP contribution in [0.1, 0.15) is 31.2 Å². The van der Waals surface area contributed by atoms with Gasteiger partial charge in [-0.3, -0.25) is 0 Å². The molecule has 0 saturated heterocycles. The second-order valence-corrected chi connectivity index (χ2v) is 5.19. The molecule has 1 heterocycles. The fraction of sp³-hybridized carbons (Fsp3) is 0.312. The average molecular weight is 287 g/mol. The molecule has 0 aliphatic rings. The van der Waals surface area contributed by atoms with E-state index in [0.29, 0.717) is 6.42 Å². The van der Waals surface area contributed by atoms with Gasteiger partial charge < -0.3 is 20.8 Å². The number of rotatable bonds is 5. The van der Waals surface area contributed by atoms with Crippen LogP contribution in [0.4, 0.5) is 10.5 Å². The highest BCUT2D eigenvalue weighted by molar-refractivity contribution is 5.89. The molecule has 2 rings (SSSR count). The SMILES string of the molecule is CC(Cc1ccco1)NC(=O)Nc1ccc(C(C)N)cc1. The van der Waals surface area contributed by atoms with Crippen molar-refractivity contribution in [3.8, 4) is 0 Å². The van der Waals surface area contributed by atoms with Crippen LogP contribution in [0, 0.1) is 0 Å². The molecule has 0 fully saturated rings. The smallest absolute Gasteiger partial charge is 0.319 e. The van der Waals surface area contributed by atoms with Crippen molar-refractivity contribution in [1.82, 2.24) is 5.32 Å². The van der Waals surface area contributed by atoms with E-state index in [0.717, 1.165) is 17.0 Å². The van der Waals surface area contributed by atoms with Crippen LogP contribution in [0.3, 0.4) is 0 Å². The van der Waals surface area contributed by atoms with Gasteiger partial charge in [-0.1, -0.05) is 12.1 Å². The highest BCUT2D eigenvalue weighted by Crippen LogP contribution is 2.14. The number of nitrogens with two attached hydrogens (primary N) is 1. The van der Waals surface area contributed by atoms with Gasteiger partial charge in [0.2, 0.25) is 0 Å². The lowest BCUT2D eigenvalue weighted by atomic mass is 10.1. The van der Waals surface area contributed by atoms with E-state index in [-0.39, 0.29) is 18.1 Å². The molecule has 5 nitrogen and oxygen atoms in total. The summed E-state index contributed by atoms with van der Waals surface area (Å²) in [6.07, 6.45) is 2.28. The van der Waals surface area contributed by atoms with Gasteiger partial charge in [-0.2, -0.15) is 0 Å². The Bertz CT molecular complexity index is 562. The van der Waals surface area contributed by atoms with Gasteiger partial charge >= 0.3 is 6.03 Å². The number of anilines is 1. The quantitative estimate of drug-likeness (QED) is 0.790. The Balaban J connectivity index is 1.83. The lowest BCUT2D eigenvalue weighted by molar-refractivity contribution is 0.248. The molecule has 0 aliphatic carbocycles. The van der Waals surface area contributed by atoms with E-state index in [1.165, 1.54) is 0 Å². The predicted octanol–water partition coefficient (Wildman–Crippen LogP) is 3.05. The third-order valence-corrected chi connectivity index (χ3v) is 3.16. The summed E-state index contributed by atoms with van der Waals surface area (Å²) in [5.74, 6) is 0.851. The summed E-state index contributed by atoms with van der Waals surface area (Å²) in [5, 5.41) is 5.67. The number of carbonyl (C=O) groups excluding carboxylic acids is 1. The normalized spacial score (nSPS) is 13.5. The van der Waals surface area contributed by atoms with Crippen molar-refractivity contribution in [2.75, 3.05) is 5.32 Å². The van der Waals surface area contributed by atoms with Crippen molar-refractivity contribution in [3.63, 3.8) is 0 Å². The van der Waals surface area contributed by atoms with E-state index in [1.807, 2.05) is 50.2 Å². The van der Waals surface area contributed by atoms with E-state index >= 15 is 0 Å². The van der Waals surface area contributed by atoms with Crippen molar-refractivity contribution < 1.29 is 9.21 Å². The predicted molar refractivity (Wildman–Crippen MR) is 83.1 cm³/mol. The zero-order valence-electron chi connectivity index (χ0n) is 12.3. The summed E-state index contributed by atoms with van der Waals surface area (Å²) in [5.41, 5.74) is 7.56. The zero-order valence-corrected chi connectivity index (χ0v) is 12.3. The molecular formula is C16H21N3O2. The molecule has 0 spiro atoms. The van der Waals surface area contributed by atoms with E-state index in [1.54, 1.807) is 6.26 Å². The third kappa shape index (κ3) is 4.65. The van der Waals surface area contributed by atoms with Crippen molar-refractivity contribution in [3.05, 3.63) is 54.0 Å². The van der Waals surface area contributed by atoms with E-state index in [9.17, 15) is 4.79 Å². The van der Waals surface area contributed by atoms with Crippen LogP contribution in [-0.4, -0.2) is 12.1 Å². The Morgan fingerprint density at radius 1 is 1.24 bits per heavy atom. The minimum Gasteiger partial charge on any atom is -0.469 e. The first-order valence-corrected chi connectivity index (χ1v) is 7.00. The van der Waals surface area contributed by atoms with Gasteiger partial charge in [-0.05, 0) is 43.7 Å². The summed E-state index contributed by atoms with van der Waals surface area (Å²) in [7, 11) is 0. The van der Waals surface area contributed by atoms with Crippen molar-refractivity contribution in [2.24, 2.45) is 5.73 Å². The second kappa shape index (κ2) is 6.95. The van der Waals surface area contributed by atoms with Crippen LogP contribution in [0.15, 0.2) is 47.1 Å². The van der Waals surface area contributed by atoms with Crippen LogP contribution in [-0.2, 0) is 6.42 Å². The molecule has 0 aliphatic heterocycles. The maximum absolute atomic E-state index is 11.9. The monoisotopic (exact) mass is 287 g/mol. The summed E-state index contributed by atoms with van der Waals surface area (Å²) in [6, 6.07) is 11.0. The Labute approximate surface area is 124 Å². The highest BCUT2D eigenvalue weighted by Gasteiger charge is 2.09. The van der Waals surface area contributed by atoms with E-state index in [2.05, 4.69) is 10.6 Å². The highest BCUT2D eigenvalue weighted by atomic mass is 16.3. The van der Waals surface area contributed by atoms with Gasteiger partial charge in [0, 0.05) is 24.2 Å². The molecule has 2 amide bonds. The number of hydrogen-bond donors (Lipinski definition) is 3. The summed E-state index contributed by atoms with van der Waals surface area (Å²) in [4.78, 5) is 11.9. The molecule has 21 heavy (non-hydrogen) atoms. The van der Waals surface area contributed by atoms with Gasteiger partial charge in [-0.15, -0.1) is 0 Å². The molecule has 0 radical (unpaired) electrons. The fourth-order valence-electron chi connectivity index (χ4n) is 2.04. The van der Waals surface area contributed by atoms with Crippen molar-refractivity contribution >= 4 is 11.7 Å². The first kappa shape index (κ1) is 15.1. The molecule has 0 saturated carbocycles. The molecule has 2 atom stereocenters. The Morgan fingerprint density at radius 3 is 2.52 bits per heavy atom. The van der Waals surface area contributed by atoms with Gasteiger partial charge in [0.1, 0.15) is 5.76 Å².